The number of carbonyl (C=O) groups excluding carboxylic acids is 1. The number of nitrogens with zero attached hydrogens (tertiary/aromatic N) is 4. The Balaban J connectivity index is 1.31. The molecule has 0 radical (unpaired) electrons. The number of amides is 1. The molecule has 0 bridgehead atoms. The van der Waals surface area contributed by atoms with Gasteiger partial charge in [-0.25, -0.2) is 18.8 Å². The second kappa shape index (κ2) is 11.6. The number of aromatic nitrogens is 2. The molecule has 4 heterocycles. The van der Waals surface area contributed by atoms with E-state index in [-0.39, 0.29) is 29.4 Å². The Kier molecular flexibility index (Phi) is 8.22. The smallest absolute Gasteiger partial charge is 0.227 e. The third-order valence-electron chi connectivity index (χ3n) is 7.26. The van der Waals surface area contributed by atoms with Crippen molar-refractivity contribution >= 4 is 62.6 Å². The second-order valence-corrected chi connectivity index (χ2v) is 12.5. The molecule has 1 aromatic carbocycles. The maximum Gasteiger partial charge on any atom is 0.227 e. The van der Waals surface area contributed by atoms with Crippen LogP contribution in [0, 0.1) is 18.7 Å². The Morgan fingerprint density at radius 1 is 1.23 bits per heavy atom. The molecule has 0 saturated carbocycles. The Morgan fingerprint density at radius 2 is 2.00 bits per heavy atom. The van der Waals surface area contributed by atoms with E-state index in [1.807, 2.05) is 37.5 Å². The van der Waals surface area contributed by atoms with Crippen LogP contribution < -0.4 is 10.6 Å². The summed E-state index contributed by atoms with van der Waals surface area (Å²) in [6, 6.07) is 8.66. The maximum atomic E-state index is 15.0. The first kappa shape index (κ1) is 27.6. The molecule has 2 aliphatic heterocycles. The summed E-state index contributed by atoms with van der Waals surface area (Å²) in [4.78, 5) is 24.0. The minimum Gasteiger partial charge on any atom is -0.342 e. The van der Waals surface area contributed by atoms with Gasteiger partial charge in [0.25, 0.3) is 0 Å². The third-order valence-corrected chi connectivity index (χ3v) is 9.22. The third kappa shape index (κ3) is 5.96. The highest BCUT2D eigenvalue weighted by atomic mass is 127. The number of fused-ring (bicyclic) bond motifs is 1. The van der Waals surface area contributed by atoms with Gasteiger partial charge >= 0.3 is 0 Å². The summed E-state index contributed by atoms with van der Waals surface area (Å²) in [5.74, 6) is -0.311. The normalized spacial score (nSPS) is 18.1. The van der Waals surface area contributed by atoms with Crippen molar-refractivity contribution in [2.45, 2.75) is 46.6 Å². The van der Waals surface area contributed by atoms with E-state index in [0.29, 0.717) is 26.3 Å². The maximum absolute atomic E-state index is 15.0. The van der Waals surface area contributed by atoms with E-state index in [0.717, 1.165) is 43.7 Å². The van der Waals surface area contributed by atoms with Gasteiger partial charge < -0.3 is 20.1 Å². The van der Waals surface area contributed by atoms with E-state index >= 15 is 4.39 Å². The molecular formula is C29H33F2IN6O. The molecule has 1 saturated heterocycles. The van der Waals surface area contributed by atoms with Crippen molar-refractivity contribution in [3.63, 3.8) is 0 Å². The molecule has 39 heavy (non-hydrogen) atoms. The average molecular weight is 647 g/mol. The van der Waals surface area contributed by atoms with Gasteiger partial charge in [-0.1, -0.05) is 6.92 Å². The fraction of sp³-hybridized carbons (Fsp3) is 0.379. The van der Waals surface area contributed by atoms with E-state index in [4.69, 9.17) is 0 Å². The highest BCUT2D eigenvalue weighted by Gasteiger charge is 2.24. The number of rotatable bonds is 6. The van der Waals surface area contributed by atoms with Crippen molar-refractivity contribution in [3.8, 4) is 0 Å². The number of benzene rings is 1. The number of nitrogens with one attached hydrogen (secondary N) is 2. The summed E-state index contributed by atoms with van der Waals surface area (Å²) >= 11 is -0.861. The van der Waals surface area contributed by atoms with Crippen molar-refractivity contribution in [1.82, 2.24) is 19.8 Å². The van der Waals surface area contributed by atoms with Crippen molar-refractivity contribution in [2.24, 2.45) is 10.9 Å². The fourth-order valence-electron chi connectivity index (χ4n) is 5.23. The van der Waals surface area contributed by atoms with E-state index in [1.54, 1.807) is 18.3 Å². The molecule has 5 rings (SSSR count). The summed E-state index contributed by atoms with van der Waals surface area (Å²) < 4.78 is 34.2. The van der Waals surface area contributed by atoms with Gasteiger partial charge in [0.15, 0.2) is 15.5 Å². The molecule has 7 nitrogen and oxygen atoms in total. The van der Waals surface area contributed by atoms with Gasteiger partial charge in [-0.05, 0) is 104 Å². The summed E-state index contributed by atoms with van der Waals surface area (Å²) in [6.45, 7) is 11.1. The van der Waals surface area contributed by atoms with E-state index in [1.165, 1.54) is 10.1 Å². The quantitative estimate of drug-likeness (QED) is 0.239. The highest BCUT2D eigenvalue weighted by Crippen LogP contribution is 2.32. The number of halogens is 3. The summed E-state index contributed by atoms with van der Waals surface area (Å²) in [6.07, 6.45) is 3.31. The lowest BCUT2D eigenvalue weighted by Crippen LogP contribution is -2.37. The van der Waals surface area contributed by atoms with Crippen LogP contribution in [0.25, 0.3) is 16.6 Å². The van der Waals surface area contributed by atoms with Crippen LogP contribution in [-0.4, -0.2) is 47.8 Å². The van der Waals surface area contributed by atoms with Crippen LogP contribution in [-0.2, 0) is 4.79 Å². The van der Waals surface area contributed by atoms with Gasteiger partial charge in [0, 0.05) is 32.6 Å². The van der Waals surface area contributed by atoms with E-state index in [2.05, 4.69) is 32.4 Å². The Hall–Kier alpha value is -2.99. The molecule has 1 amide bonds. The number of likely N-dealkylation sites (tertiary alicyclic amines) is 1. The lowest BCUT2D eigenvalue weighted by Gasteiger charge is -2.30. The fourth-order valence-corrected chi connectivity index (χ4v) is 6.92. The number of hydrogen-bond acceptors (Lipinski definition) is 4. The zero-order valence-corrected chi connectivity index (χ0v) is 24.7. The topological polar surface area (TPSA) is 74.6 Å². The molecule has 2 N–H and O–H groups in total. The van der Waals surface area contributed by atoms with Crippen LogP contribution in [0.2, 0.25) is 0 Å². The Morgan fingerprint density at radius 3 is 2.67 bits per heavy atom. The molecule has 206 valence electrons. The molecule has 3 aromatic rings. The second-order valence-electron chi connectivity index (χ2n) is 10.2. The highest BCUT2D eigenvalue weighted by molar-refractivity contribution is 14.2. The number of aryl methyl sites for hydroxylation is 1. The summed E-state index contributed by atoms with van der Waals surface area (Å²) in [5.41, 5.74) is 2.94. The predicted octanol–water partition coefficient (Wildman–Crippen LogP) is 6.44. The Bertz CT molecular complexity index is 1480. The largest absolute Gasteiger partial charge is 0.342 e. The van der Waals surface area contributed by atoms with Crippen LogP contribution in [0.5, 0.6) is 0 Å². The molecule has 2 aromatic heterocycles. The number of allylic oxidation sites excluding steroid dienone is 1. The van der Waals surface area contributed by atoms with Gasteiger partial charge in [-0.2, -0.15) is 0 Å². The number of anilines is 1. The molecule has 0 atom stereocenters. The molecule has 10 heteroatoms. The van der Waals surface area contributed by atoms with Gasteiger partial charge in [-0.3, -0.25) is 4.79 Å². The van der Waals surface area contributed by atoms with Gasteiger partial charge in [0.1, 0.15) is 5.82 Å². The molecular weight excluding hydrogens is 613 g/mol. The minimum atomic E-state index is -0.861. The van der Waals surface area contributed by atoms with Crippen LogP contribution in [0.4, 0.5) is 20.3 Å². The van der Waals surface area contributed by atoms with E-state index < -0.39 is 26.6 Å². The van der Waals surface area contributed by atoms with E-state index in [9.17, 15) is 9.18 Å². The number of hydrogen-bond donors (Lipinski definition) is 2. The number of pyridine rings is 1. The van der Waals surface area contributed by atoms with Crippen molar-refractivity contribution in [2.75, 3.05) is 25.0 Å². The first-order chi connectivity index (χ1) is 18.7. The standard InChI is InChI=1S/C29H33F2IN6O/c1-5-37-10-8-19(9-11-37)28(39)34-21-6-7-26(33-16-21)35-29-32-15-24(31)27(36-29)20-13-23(30)22-12-18(4)38(17(2)3)25(22)14-20/h6-7,12-17,19H,5,8-11H2,1-4H3,(H,34,39)(H,33,35,36). The molecule has 1 fully saturated rings. The molecule has 2 aliphatic rings. The lowest BCUT2D eigenvalue weighted by molar-refractivity contribution is -0.121. The van der Waals surface area contributed by atoms with Gasteiger partial charge in [-0.15, -0.1) is 0 Å². The number of amidine groups is 1. The van der Waals surface area contributed by atoms with Crippen molar-refractivity contribution in [1.29, 1.82) is 0 Å². The number of piperidine rings is 1. The van der Waals surface area contributed by atoms with Crippen LogP contribution in [0.3, 0.4) is 0 Å². The monoisotopic (exact) mass is 646 g/mol. The van der Waals surface area contributed by atoms with Crippen LogP contribution >= 0.6 is 20.7 Å². The summed E-state index contributed by atoms with van der Waals surface area (Å²) in [5, 5.41) is 6.58. The zero-order valence-electron chi connectivity index (χ0n) is 22.6. The lowest BCUT2D eigenvalue weighted by atomic mass is 9.96. The predicted molar refractivity (Wildman–Crippen MR) is 163 cm³/mol. The number of aliphatic imine (C=N–C) groups is 1. The summed E-state index contributed by atoms with van der Waals surface area (Å²) in [7, 11) is 0. The first-order valence-corrected chi connectivity index (χ1v) is 15.6. The Labute approximate surface area is 237 Å². The molecule has 0 spiro atoms. The van der Waals surface area contributed by atoms with Gasteiger partial charge in [0.2, 0.25) is 5.91 Å². The van der Waals surface area contributed by atoms with Gasteiger partial charge in [0.05, 0.1) is 23.1 Å². The van der Waals surface area contributed by atoms with Crippen molar-refractivity contribution in [3.05, 3.63) is 59.4 Å². The first-order valence-electron chi connectivity index (χ1n) is 13.3. The minimum absolute atomic E-state index is 0.0101. The number of carbonyl (C=O) groups is 1. The van der Waals surface area contributed by atoms with Crippen LogP contribution in [0.1, 0.15) is 50.9 Å². The SMILES string of the molecule is CCN1CCC(C(=O)Nc2ccc(N=C3NC(c4cc(F)c5cc(C)n(C(C)C)c5c4)=C(F)C=I3)nc2)CC1. The molecule has 0 unspecified atom stereocenters. The van der Waals surface area contributed by atoms with Crippen LogP contribution in [0.15, 0.2) is 47.3 Å². The average Bonchev–Trinajstić information content (AvgIpc) is 3.27. The zero-order chi connectivity index (χ0) is 27.7. The van der Waals surface area contributed by atoms with Crippen molar-refractivity contribution < 1.29 is 13.6 Å². The molecule has 0 aliphatic carbocycles.